The zero-order valence-electron chi connectivity index (χ0n) is 15.3. The first-order valence-electron chi connectivity index (χ1n) is 9.26. The first-order chi connectivity index (χ1) is 11.4. The lowest BCUT2D eigenvalue weighted by atomic mass is 10.0. The van der Waals surface area contributed by atoms with Crippen molar-refractivity contribution < 1.29 is 9.53 Å². The molecule has 132 valence electrons. The van der Waals surface area contributed by atoms with Crippen molar-refractivity contribution in [2.75, 3.05) is 13.1 Å². The molecule has 0 spiro atoms. The van der Waals surface area contributed by atoms with Crippen molar-refractivity contribution in [2.45, 2.75) is 71.1 Å². The Bertz CT molecular complexity index is 599. The minimum atomic E-state index is -0.442. The summed E-state index contributed by atoms with van der Waals surface area (Å²) in [6, 6.07) is 7.34. The lowest BCUT2D eigenvalue weighted by molar-refractivity contribution is -0.138. The number of carbonyl (C=O) groups is 1. The van der Waals surface area contributed by atoms with Crippen molar-refractivity contribution in [3.8, 4) is 5.75 Å². The van der Waals surface area contributed by atoms with Crippen molar-refractivity contribution in [2.24, 2.45) is 0 Å². The summed E-state index contributed by atoms with van der Waals surface area (Å²) in [5, 5.41) is 3.62. The summed E-state index contributed by atoms with van der Waals surface area (Å²) in [4.78, 5) is 14.8. The number of benzene rings is 1. The van der Waals surface area contributed by atoms with Gasteiger partial charge in [-0.2, -0.15) is 0 Å². The van der Waals surface area contributed by atoms with Gasteiger partial charge in [-0.3, -0.25) is 4.79 Å². The molecule has 3 unspecified atom stereocenters. The van der Waals surface area contributed by atoms with Crippen molar-refractivity contribution in [1.29, 1.82) is 0 Å². The van der Waals surface area contributed by atoms with E-state index in [1.54, 1.807) is 0 Å². The van der Waals surface area contributed by atoms with E-state index >= 15 is 0 Å². The number of amides is 1. The molecule has 2 aliphatic heterocycles. The Morgan fingerprint density at radius 2 is 1.96 bits per heavy atom. The van der Waals surface area contributed by atoms with Gasteiger partial charge in [0, 0.05) is 25.2 Å². The van der Waals surface area contributed by atoms with Crippen LogP contribution in [0.1, 0.15) is 57.1 Å². The van der Waals surface area contributed by atoms with Crippen LogP contribution in [0.2, 0.25) is 0 Å². The maximum atomic E-state index is 12.8. The smallest absolute Gasteiger partial charge is 0.263 e. The summed E-state index contributed by atoms with van der Waals surface area (Å²) in [7, 11) is 0. The number of hydrogen-bond acceptors (Lipinski definition) is 3. The third-order valence-electron chi connectivity index (χ3n) is 5.37. The van der Waals surface area contributed by atoms with E-state index in [-0.39, 0.29) is 5.91 Å². The first-order valence-corrected chi connectivity index (χ1v) is 9.26. The van der Waals surface area contributed by atoms with Crippen LogP contribution in [-0.2, 0) is 4.79 Å². The Hall–Kier alpha value is -1.55. The Labute approximate surface area is 145 Å². The minimum Gasteiger partial charge on any atom is -0.481 e. The number of ether oxygens (including phenoxy) is 1. The van der Waals surface area contributed by atoms with E-state index < -0.39 is 6.10 Å². The quantitative estimate of drug-likeness (QED) is 0.921. The first kappa shape index (κ1) is 17.3. The molecule has 2 fully saturated rings. The van der Waals surface area contributed by atoms with Gasteiger partial charge in [-0.25, -0.2) is 0 Å². The minimum absolute atomic E-state index is 0.110. The van der Waals surface area contributed by atoms with E-state index in [9.17, 15) is 4.79 Å². The van der Waals surface area contributed by atoms with Gasteiger partial charge in [0.1, 0.15) is 5.75 Å². The van der Waals surface area contributed by atoms with Gasteiger partial charge in [0.25, 0.3) is 5.91 Å². The molecule has 2 saturated heterocycles. The van der Waals surface area contributed by atoms with Crippen LogP contribution in [0, 0.1) is 6.92 Å². The highest BCUT2D eigenvalue weighted by Gasteiger charge is 2.33. The molecule has 24 heavy (non-hydrogen) atoms. The molecular formula is C20H30N2O2. The Balaban J connectivity index is 1.67. The molecule has 0 radical (unpaired) electrons. The largest absolute Gasteiger partial charge is 0.481 e. The predicted octanol–water partition coefficient (Wildman–Crippen LogP) is 3.24. The van der Waals surface area contributed by atoms with Gasteiger partial charge in [-0.05, 0) is 56.2 Å². The third kappa shape index (κ3) is 3.75. The number of fused-ring (bicyclic) bond motifs is 2. The highest BCUT2D eigenvalue weighted by molar-refractivity contribution is 5.81. The molecule has 1 amide bonds. The average molecular weight is 330 g/mol. The van der Waals surface area contributed by atoms with Crippen LogP contribution in [0.25, 0.3) is 0 Å². The second-order valence-corrected chi connectivity index (χ2v) is 7.65. The fourth-order valence-corrected chi connectivity index (χ4v) is 3.74. The molecule has 0 aromatic heterocycles. The normalized spacial score (nSPS) is 24.8. The molecule has 4 heteroatoms. The van der Waals surface area contributed by atoms with E-state index in [2.05, 4.69) is 37.4 Å². The van der Waals surface area contributed by atoms with Crippen molar-refractivity contribution in [1.82, 2.24) is 10.2 Å². The monoisotopic (exact) mass is 330 g/mol. The van der Waals surface area contributed by atoms with Crippen molar-refractivity contribution in [3.63, 3.8) is 0 Å². The fraction of sp³-hybridized carbons (Fsp3) is 0.650. The van der Waals surface area contributed by atoms with Gasteiger partial charge < -0.3 is 15.0 Å². The molecule has 4 nitrogen and oxygen atoms in total. The molecule has 1 aromatic rings. The van der Waals surface area contributed by atoms with Crippen molar-refractivity contribution in [3.05, 3.63) is 29.3 Å². The molecule has 1 aromatic carbocycles. The molecule has 3 rings (SSSR count). The van der Waals surface area contributed by atoms with Crippen LogP contribution in [-0.4, -0.2) is 42.1 Å². The highest BCUT2D eigenvalue weighted by Crippen LogP contribution is 2.26. The summed E-state index contributed by atoms with van der Waals surface area (Å²) < 4.78 is 6.06. The van der Waals surface area contributed by atoms with Gasteiger partial charge in [-0.15, -0.1) is 0 Å². The zero-order valence-corrected chi connectivity index (χ0v) is 15.3. The molecule has 2 aliphatic rings. The summed E-state index contributed by atoms with van der Waals surface area (Å²) in [5.74, 6) is 1.39. The van der Waals surface area contributed by atoms with Crippen LogP contribution in [0.3, 0.4) is 0 Å². The lowest BCUT2D eigenvalue weighted by Gasteiger charge is -2.27. The topological polar surface area (TPSA) is 41.6 Å². The van der Waals surface area contributed by atoms with Gasteiger partial charge in [0.2, 0.25) is 0 Å². The Morgan fingerprint density at radius 3 is 2.71 bits per heavy atom. The Morgan fingerprint density at radius 1 is 1.21 bits per heavy atom. The number of carbonyl (C=O) groups excluding carboxylic acids is 1. The average Bonchev–Trinajstić information content (AvgIpc) is 2.87. The highest BCUT2D eigenvalue weighted by atomic mass is 16.5. The van der Waals surface area contributed by atoms with Crippen molar-refractivity contribution >= 4 is 5.91 Å². The van der Waals surface area contributed by atoms with Gasteiger partial charge >= 0.3 is 0 Å². The maximum Gasteiger partial charge on any atom is 0.263 e. The molecular weight excluding hydrogens is 300 g/mol. The van der Waals surface area contributed by atoms with E-state index in [4.69, 9.17) is 4.74 Å². The number of rotatable bonds is 4. The molecule has 0 saturated carbocycles. The molecule has 2 bridgehead atoms. The predicted molar refractivity (Wildman–Crippen MR) is 96.5 cm³/mol. The lowest BCUT2D eigenvalue weighted by Crippen LogP contribution is -2.44. The van der Waals surface area contributed by atoms with Gasteiger partial charge in [-0.1, -0.05) is 26.0 Å². The second kappa shape index (κ2) is 7.14. The van der Waals surface area contributed by atoms with Gasteiger partial charge in [0.15, 0.2) is 6.10 Å². The van der Waals surface area contributed by atoms with Crippen LogP contribution in [0.5, 0.6) is 5.75 Å². The van der Waals surface area contributed by atoms with E-state index in [0.29, 0.717) is 18.0 Å². The number of aryl methyl sites for hydroxylation is 1. The molecule has 1 N–H and O–H groups in total. The van der Waals surface area contributed by atoms with Crippen LogP contribution in [0.15, 0.2) is 18.2 Å². The standard InChI is InChI=1S/C20H30N2O2/c1-13(2)16-6-5-14(3)19(11-16)24-15(4)20(23)22-10-9-17-7-8-18(12-22)21-17/h5-6,11,13,15,17-18,21H,7-10,12H2,1-4H3. The van der Waals surface area contributed by atoms with Crippen LogP contribution >= 0.6 is 0 Å². The number of nitrogens with one attached hydrogen (secondary N) is 1. The number of likely N-dealkylation sites (tertiary alicyclic amines) is 1. The van der Waals surface area contributed by atoms with E-state index in [1.165, 1.54) is 18.4 Å². The van der Waals surface area contributed by atoms with Crippen LogP contribution in [0.4, 0.5) is 0 Å². The van der Waals surface area contributed by atoms with Crippen LogP contribution < -0.4 is 10.1 Å². The number of nitrogens with zero attached hydrogens (tertiary/aromatic N) is 1. The van der Waals surface area contributed by atoms with E-state index in [1.807, 2.05) is 18.7 Å². The summed E-state index contributed by atoms with van der Waals surface area (Å²) in [6.45, 7) is 9.90. The van der Waals surface area contributed by atoms with E-state index in [0.717, 1.165) is 30.8 Å². The zero-order chi connectivity index (χ0) is 17.3. The summed E-state index contributed by atoms with van der Waals surface area (Å²) in [5.41, 5.74) is 2.32. The Kier molecular flexibility index (Phi) is 5.14. The summed E-state index contributed by atoms with van der Waals surface area (Å²) in [6.07, 6.45) is 3.04. The molecule has 2 heterocycles. The van der Waals surface area contributed by atoms with Gasteiger partial charge in [0.05, 0.1) is 0 Å². The maximum absolute atomic E-state index is 12.8. The second-order valence-electron chi connectivity index (χ2n) is 7.65. The fourth-order valence-electron chi connectivity index (χ4n) is 3.74. The molecule has 0 aliphatic carbocycles. The number of hydrogen-bond donors (Lipinski definition) is 1. The molecule has 3 atom stereocenters. The third-order valence-corrected chi connectivity index (χ3v) is 5.37. The summed E-state index contributed by atoms with van der Waals surface area (Å²) >= 11 is 0. The SMILES string of the molecule is Cc1ccc(C(C)C)cc1OC(C)C(=O)N1CCC2CCC(C1)N2.